The number of benzene rings is 3. The van der Waals surface area contributed by atoms with E-state index in [-0.39, 0.29) is 11.7 Å². The number of para-hydroxylation sites is 3. The number of amides is 3. The van der Waals surface area contributed by atoms with Crippen LogP contribution in [0, 0.1) is 0 Å². The van der Waals surface area contributed by atoms with Gasteiger partial charge in [-0.1, -0.05) is 42.5 Å². The van der Waals surface area contributed by atoms with Crippen LogP contribution in [0.5, 0.6) is 5.75 Å². The van der Waals surface area contributed by atoms with Crippen molar-refractivity contribution in [1.29, 1.82) is 0 Å². The van der Waals surface area contributed by atoms with Crippen molar-refractivity contribution in [2.24, 2.45) is 5.73 Å². The summed E-state index contributed by atoms with van der Waals surface area (Å²) in [6.45, 7) is 0.440. The van der Waals surface area contributed by atoms with Gasteiger partial charge in [0.15, 0.2) is 0 Å². The van der Waals surface area contributed by atoms with Crippen molar-refractivity contribution in [1.82, 2.24) is 10.2 Å². The van der Waals surface area contributed by atoms with E-state index in [9.17, 15) is 18.4 Å². The van der Waals surface area contributed by atoms with Crippen molar-refractivity contribution >= 4 is 23.3 Å². The number of carbonyl (C=O) groups excluding carboxylic acids is 2. The molecule has 6 N–H and O–H groups in total. The van der Waals surface area contributed by atoms with Gasteiger partial charge in [0.05, 0.1) is 30.1 Å². The minimum Gasteiger partial charge on any atom is -0.434 e. The SMILES string of the molecule is NC(=O)NC(CCCN1CCOCC1)(c1ccc(C(=O)Nc2ccccc2N)cc1)c1ccccc1OC(F)F. The van der Waals surface area contributed by atoms with Gasteiger partial charge >= 0.3 is 12.6 Å². The molecule has 1 atom stereocenters. The van der Waals surface area contributed by atoms with Gasteiger partial charge in [0.2, 0.25) is 0 Å². The van der Waals surface area contributed by atoms with E-state index in [4.69, 9.17) is 20.9 Å². The van der Waals surface area contributed by atoms with E-state index in [0.29, 0.717) is 60.7 Å². The number of hydrogen-bond acceptors (Lipinski definition) is 6. The predicted molar refractivity (Wildman–Crippen MR) is 148 cm³/mol. The zero-order chi connectivity index (χ0) is 28.5. The van der Waals surface area contributed by atoms with Crippen LogP contribution in [0.2, 0.25) is 0 Å². The lowest BCUT2D eigenvalue weighted by atomic mass is 9.78. The van der Waals surface area contributed by atoms with E-state index in [1.165, 1.54) is 6.07 Å². The fourth-order valence-corrected chi connectivity index (χ4v) is 4.97. The van der Waals surface area contributed by atoms with Crippen molar-refractivity contribution in [2.75, 3.05) is 43.9 Å². The molecule has 9 nitrogen and oxygen atoms in total. The first-order valence-corrected chi connectivity index (χ1v) is 13.0. The summed E-state index contributed by atoms with van der Waals surface area (Å²) in [4.78, 5) is 27.6. The normalized spacial score (nSPS) is 15.3. The summed E-state index contributed by atoms with van der Waals surface area (Å²) >= 11 is 0. The molecular weight excluding hydrogens is 520 g/mol. The van der Waals surface area contributed by atoms with Crippen molar-refractivity contribution in [3.8, 4) is 5.75 Å². The highest BCUT2D eigenvalue weighted by atomic mass is 19.3. The number of urea groups is 1. The molecule has 1 aliphatic rings. The van der Waals surface area contributed by atoms with Crippen molar-refractivity contribution in [3.63, 3.8) is 0 Å². The molecule has 40 heavy (non-hydrogen) atoms. The number of primary amides is 1. The monoisotopic (exact) mass is 553 g/mol. The molecule has 0 aliphatic carbocycles. The maximum absolute atomic E-state index is 13.4. The number of ether oxygens (including phenoxy) is 2. The third-order valence-corrected chi connectivity index (χ3v) is 6.88. The molecule has 1 heterocycles. The topological polar surface area (TPSA) is 132 Å². The second-order valence-electron chi connectivity index (χ2n) is 9.45. The summed E-state index contributed by atoms with van der Waals surface area (Å²) in [6.07, 6.45) is 0.918. The first kappa shape index (κ1) is 28.8. The Morgan fingerprint density at radius 2 is 1.68 bits per heavy atom. The van der Waals surface area contributed by atoms with Gasteiger partial charge in [0.1, 0.15) is 5.75 Å². The average molecular weight is 554 g/mol. The zero-order valence-electron chi connectivity index (χ0n) is 21.9. The Morgan fingerprint density at radius 1 is 1.00 bits per heavy atom. The Labute approximate surface area is 231 Å². The lowest BCUT2D eigenvalue weighted by Gasteiger charge is -2.37. The average Bonchev–Trinajstić information content (AvgIpc) is 2.94. The minimum absolute atomic E-state index is 0.0843. The van der Waals surface area contributed by atoms with Crippen LogP contribution in [0.25, 0.3) is 0 Å². The quantitative estimate of drug-likeness (QED) is 0.264. The highest BCUT2D eigenvalue weighted by molar-refractivity contribution is 6.05. The van der Waals surface area contributed by atoms with Crippen LogP contribution < -0.4 is 26.8 Å². The Bertz CT molecular complexity index is 1300. The minimum atomic E-state index is -3.07. The molecule has 0 radical (unpaired) electrons. The molecular formula is C29H33F2N5O4. The lowest BCUT2D eigenvalue weighted by molar-refractivity contribution is -0.0510. The Balaban J connectivity index is 1.70. The van der Waals surface area contributed by atoms with E-state index in [0.717, 1.165) is 13.1 Å². The predicted octanol–water partition coefficient (Wildman–Crippen LogP) is 4.15. The van der Waals surface area contributed by atoms with Gasteiger partial charge in [0, 0.05) is 24.2 Å². The number of alkyl halides is 2. The number of rotatable bonds is 11. The summed E-state index contributed by atoms with van der Waals surface area (Å²) in [5, 5.41) is 5.60. The van der Waals surface area contributed by atoms with Crippen LogP contribution in [0.15, 0.2) is 72.8 Å². The molecule has 1 unspecified atom stereocenters. The third-order valence-electron chi connectivity index (χ3n) is 6.88. The number of nitrogens with one attached hydrogen (secondary N) is 2. The molecule has 1 aliphatic heterocycles. The molecule has 3 amide bonds. The smallest absolute Gasteiger partial charge is 0.387 e. The van der Waals surface area contributed by atoms with Gasteiger partial charge in [-0.15, -0.1) is 0 Å². The molecule has 212 valence electrons. The van der Waals surface area contributed by atoms with E-state index in [1.54, 1.807) is 66.7 Å². The number of carbonyl (C=O) groups is 2. The number of nitrogens with two attached hydrogens (primary N) is 2. The Morgan fingerprint density at radius 3 is 2.35 bits per heavy atom. The third kappa shape index (κ3) is 7.04. The Hall–Kier alpha value is -4.22. The van der Waals surface area contributed by atoms with Gasteiger partial charge in [-0.3, -0.25) is 9.69 Å². The number of hydrogen-bond donors (Lipinski definition) is 4. The summed E-state index contributed by atoms with van der Waals surface area (Å²) in [6, 6.07) is 18.9. The zero-order valence-corrected chi connectivity index (χ0v) is 21.9. The number of nitrogens with zero attached hydrogens (tertiary/aromatic N) is 1. The van der Waals surface area contributed by atoms with Crippen molar-refractivity contribution in [3.05, 3.63) is 89.5 Å². The summed E-state index contributed by atoms with van der Waals surface area (Å²) in [5.74, 6) is -0.467. The van der Waals surface area contributed by atoms with Gasteiger partial charge in [0.25, 0.3) is 5.91 Å². The maximum Gasteiger partial charge on any atom is 0.387 e. The van der Waals surface area contributed by atoms with Gasteiger partial charge in [-0.2, -0.15) is 8.78 Å². The first-order valence-electron chi connectivity index (χ1n) is 13.0. The molecule has 3 aromatic carbocycles. The fraction of sp³-hybridized carbons (Fsp3) is 0.310. The highest BCUT2D eigenvalue weighted by Crippen LogP contribution is 2.40. The van der Waals surface area contributed by atoms with Gasteiger partial charge in [-0.05, 0) is 55.3 Å². The highest BCUT2D eigenvalue weighted by Gasteiger charge is 2.38. The number of morpholine rings is 1. The van der Waals surface area contributed by atoms with Crippen LogP contribution in [0.3, 0.4) is 0 Å². The molecule has 1 saturated heterocycles. The van der Waals surface area contributed by atoms with E-state index in [1.807, 2.05) is 0 Å². The standard InChI is InChI=1S/C29H33F2N5O4/c30-27(31)40-25-9-4-1-6-22(25)29(35-28(33)38,14-5-15-36-16-18-39-19-17-36)21-12-10-20(11-13-21)26(37)34-24-8-3-2-7-23(24)32/h1-4,6-13,27H,5,14-19,32H2,(H,34,37)(H3,33,35,38). The molecule has 0 aromatic heterocycles. The van der Waals surface area contributed by atoms with Gasteiger partial charge < -0.3 is 31.6 Å². The molecule has 0 bridgehead atoms. The molecule has 4 rings (SSSR count). The van der Waals surface area contributed by atoms with Crippen LogP contribution in [-0.4, -0.2) is 56.3 Å². The second kappa shape index (κ2) is 13.2. The van der Waals surface area contributed by atoms with Crippen molar-refractivity contribution < 1.29 is 27.8 Å². The number of halogens is 2. The van der Waals surface area contributed by atoms with Gasteiger partial charge in [-0.25, -0.2) is 4.79 Å². The number of anilines is 2. The maximum atomic E-state index is 13.4. The van der Waals surface area contributed by atoms with E-state index in [2.05, 4.69) is 15.5 Å². The molecule has 0 spiro atoms. The first-order chi connectivity index (χ1) is 19.3. The lowest BCUT2D eigenvalue weighted by Crippen LogP contribution is -2.50. The van der Waals surface area contributed by atoms with Crippen LogP contribution in [0.1, 0.15) is 34.3 Å². The van der Waals surface area contributed by atoms with E-state index >= 15 is 0 Å². The summed E-state index contributed by atoms with van der Waals surface area (Å²) in [7, 11) is 0. The fourth-order valence-electron chi connectivity index (χ4n) is 4.97. The van der Waals surface area contributed by atoms with Crippen LogP contribution >= 0.6 is 0 Å². The van der Waals surface area contributed by atoms with Crippen LogP contribution in [-0.2, 0) is 10.3 Å². The molecule has 3 aromatic rings. The Kier molecular flexibility index (Phi) is 9.52. The largest absolute Gasteiger partial charge is 0.434 e. The summed E-state index contributed by atoms with van der Waals surface area (Å²) < 4.78 is 37.1. The molecule has 0 saturated carbocycles. The summed E-state index contributed by atoms with van der Waals surface area (Å²) in [5.41, 5.74) is 12.4. The van der Waals surface area contributed by atoms with Crippen molar-refractivity contribution in [2.45, 2.75) is 25.0 Å². The number of nitrogen functional groups attached to an aromatic ring is 1. The van der Waals surface area contributed by atoms with Crippen LogP contribution in [0.4, 0.5) is 25.0 Å². The molecule has 1 fully saturated rings. The second-order valence-corrected chi connectivity index (χ2v) is 9.45. The van der Waals surface area contributed by atoms with E-state index < -0.39 is 18.2 Å². The molecule has 11 heteroatoms.